The van der Waals surface area contributed by atoms with Crippen LogP contribution in [0.15, 0.2) is 42.5 Å². The van der Waals surface area contributed by atoms with Gasteiger partial charge in [0.1, 0.15) is 17.2 Å². The topological polar surface area (TPSA) is 50.7 Å². The molecule has 106 valence electrons. The van der Waals surface area contributed by atoms with Crippen LogP contribution in [0.2, 0.25) is 0 Å². The Morgan fingerprint density at radius 2 is 1.70 bits per heavy atom. The van der Waals surface area contributed by atoms with Crippen LogP contribution in [0.4, 0.5) is 5.69 Å². The number of benzene rings is 2. The van der Waals surface area contributed by atoms with Crippen molar-refractivity contribution < 1.29 is 14.6 Å². The summed E-state index contributed by atoms with van der Waals surface area (Å²) in [6.07, 6.45) is 0. The highest BCUT2D eigenvalue weighted by Gasteiger charge is 2.10. The Morgan fingerprint density at radius 1 is 1.00 bits per heavy atom. The molecule has 2 aromatic carbocycles. The van der Waals surface area contributed by atoms with Gasteiger partial charge in [-0.15, -0.1) is 0 Å². The molecule has 0 heterocycles. The summed E-state index contributed by atoms with van der Waals surface area (Å²) in [4.78, 5) is 0. The summed E-state index contributed by atoms with van der Waals surface area (Å²) >= 11 is 0. The molecule has 0 saturated heterocycles. The van der Waals surface area contributed by atoms with Crippen molar-refractivity contribution in [3.05, 3.63) is 48.0 Å². The standard InChI is InChI=1S/C16H19NO3/c1-11(12-4-6-13(18)7-5-12)17-15-10-14(19-2)8-9-16(15)20-3/h4-11,17-18H,1-3H3. The smallest absolute Gasteiger partial charge is 0.142 e. The lowest BCUT2D eigenvalue weighted by Crippen LogP contribution is -2.07. The second-order valence-corrected chi connectivity index (χ2v) is 4.52. The predicted molar refractivity (Wildman–Crippen MR) is 79.7 cm³/mol. The summed E-state index contributed by atoms with van der Waals surface area (Å²) in [5.74, 6) is 1.79. The molecule has 2 aromatic rings. The second kappa shape index (κ2) is 6.19. The highest BCUT2D eigenvalue weighted by atomic mass is 16.5. The molecule has 0 aliphatic rings. The molecule has 0 amide bonds. The van der Waals surface area contributed by atoms with E-state index in [0.29, 0.717) is 0 Å². The van der Waals surface area contributed by atoms with Gasteiger partial charge >= 0.3 is 0 Å². The summed E-state index contributed by atoms with van der Waals surface area (Å²) in [7, 11) is 3.27. The van der Waals surface area contributed by atoms with Crippen molar-refractivity contribution in [1.29, 1.82) is 0 Å². The van der Waals surface area contributed by atoms with Crippen molar-refractivity contribution >= 4 is 5.69 Å². The summed E-state index contributed by atoms with van der Waals surface area (Å²) < 4.78 is 10.6. The lowest BCUT2D eigenvalue weighted by atomic mass is 10.1. The largest absolute Gasteiger partial charge is 0.508 e. The van der Waals surface area contributed by atoms with Crippen LogP contribution < -0.4 is 14.8 Å². The van der Waals surface area contributed by atoms with Gasteiger partial charge in [-0.05, 0) is 36.8 Å². The zero-order valence-electron chi connectivity index (χ0n) is 11.9. The number of aromatic hydroxyl groups is 1. The second-order valence-electron chi connectivity index (χ2n) is 4.52. The van der Waals surface area contributed by atoms with E-state index in [4.69, 9.17) is 9.47 Å². The van der Waals surface area contributed by atoms with Gasteiger partial charge in [0.2, 0.25) is 0 Å². The molecular weight excluding hydrogens is 254 g/mol. The van der Waals surface area contributed by atoms with Crippen LogP contribution in [0.25, 0.3) is 0 Å². The van der Waals surface area contributed by atoms with E-state index in [1.807, 2.05) is 37.3 Å². The van der Waals surface area contributed by atoms with Gasteiger partial charge in [0.25, 0.3) is 0 Å². The lowest BCUT2D eigenvalue weighted by Gasteiger charge is -2.18. The molecule has 0 saturated carbocycles. The third kappa shape index (κ3) is 3.15. The number of hydrogen-bond acceptors (Lipinski definition) is 4. The van der Waals surface area contributed by atoms with Crippen molar-refractivity contribution in [3.63, 3.8) is 0 Å². The van der Waals surface area contributed by atoms with E-state index in [1.165, 1.54) is 0 Å². The molecule has 4 nitrogen and oxygen atoms in total. The monoisotopic (exact) mass is 273 g/mol. The molecule has 0 fully saturated rings. The molecule has 1 atom stereocenters. The Bertz CT molecular complexity index is 566. The summed E-state index contributed by atoms with van der Waals surface area (Å²) in [5.41, 5.74) is 1.94. The minimum atomic E-state index is 0.0802. The molecule has 0 aliphatic heterocycles. The zero-order chi connectivity index (χ0) is 14.5. The van der Waals surface area contributed by atoms with Crippen LogP contribution in [0.1, 0.15) is 18.5 Å². The van der Waals surface area contributed by atoms with E-state index in [1.54, 1.807) is 26.4 Å². The minimum absolute atomic E-state index is 0.0802. The molecule has 20 heavy (non-hydrogen) atoms. The molecule has 2 N–H and O–H groups in total. The normalized spacial score (nSPS) is 11.8. The van der Waals surface area contributed by atoms with Crippen molar-refractivity contribution in [2.24, 2.45) is 0 Å². The Labute approximate surface area is 119 Å². The fourth-order valence-corrected chi connectivity index (χ4v) is 2.01. The maximum Gasteiger partial charge on any atom is 0.142 e. The van der Waals surface area contributed by atoms with E-state index in [2.05, 4.69) is 5.32 Å². The van der Waals surface area contributed by atoms with Crippen molar-refractivity contribution in [2.75, 3.05) is 19.5 Å². The number of nitrogens with one attached hydrogen (secondary N) is 1. The van der Waals surface area contributed by atoms with Crippen LogP contribution in [0.5, 0.6) is 17.2 Å². The van der Waals surface area contributed by atoms with Crippen LogP contribution in [0.3, 0.4) is 0 Å². The van der Waals surface area contributed by atoms with Crippen LogP contribution >= 0.6 is 0 Å². The van der Waals surface area contributed by atoms with Crippen LogP contribution in [-0.4, -0.2) is 19.3 Å². The number of methoxy groups -OCH3 is 2. The maximum atomic E-state index is 9.32. The molecular formula is C16H19NO3. The molecule has 1 unspecified atom stereocenters. The van der Waals surface area contributed by atoms with Crippen LogP contribution in [0, 0.1) is 0 Å². The number of phenols is 1. The lowest BCUT2D eigenvalue weighted by molar-refractivity contribution is 0.404. The first-order chi connectivity index (χ1) is 9.63. The Kier molecular flexibility index (Phi) is 4.35. The van der Waals surface area contributed by atoms with Crippen molar-refractivity contribution in [2.45, 2.75) is 13.0 Å². The maximum absolute atomic E-state index is 9.32. The number of ether oxygens (including phenoxy) is 2. The molecule has 0 bridgehead atoms. The highest BCUT2D eigenvalue weighted by molar-refractivity contribution is 5.60. The van der Waals surface area contributed by atoms with Gasteiger partial charge in [0.15, 0.2) is 0 Å². The van der Waals surface area contributed by atoms with Gasteiger partial charge in [0, 0.05) is 12.1 Å². The SMILES string of the molecule is COc1ccc(OC)c(NC(C)c2ccc(O)cc2)c1. The minimum Gasteiger partial charge on any atom is -0.508 e. The van der Waals surface area contributed by atoms with Gasteiger partial charge in [0.05, 0.1) is 19.9 Å². The Hall–Kier alpha value is -2.36. The first-order valence-electron chi connectivity index (χ1n) is 6.41. The molecule has 2 rings (SSSR count). The molecule has 0 spiro atoms. The molecule has 4 heteroatoms. The Balaban J connectivity index is 2.21. The number of anilines is 1. The molecule has 0 aliphatic carbocycles. The van der Waals surface area contributed by atoms with Gasteiger partial charge < -0.3 is 19.9 Å². The number of hydrogen-bond donors (Lipinski definition) is 2. The van der Waals surface area contributed by atoms with Crippen molar-refractivity contribution in [3.8, 4) is 17.2 Å². The van der Waals surface area contributed by atoms with E-state index in [0.717, 1.165) is 22.7 Å². The first kappa shape index (κ1) is 14.1. The third-order valence-corrected chi connectivity index (χ3v) is 3.17. The fourth-order valence-electron chi connectivity index (χ4n) is 2.01. The summed E-state index contributed by atoms with van der Waals surface area (Å²) in [5, 5.41) is 12.7. The van der Waals surface area contributed by atoms with E-state index in [-0.39, 0.29) is 11.8 Å². The quantitative estimate of drug-likeness (QED) is 0.874. The summed E-state index contributed by atoms with van der Waals surface area (Å²) in [6.45, 7) is 2.05. The number of phenolic OH excluding ortho intramolecular Hbond substituents is 1. The molecule has 0 radical (unpaired) electrons. The van der Waals surface area contributed by atoms with Crippen LogP contribution in [-0.2, 0) is 0 Å². The summed E-state index contributed by atoms with van der Waals surface area (Å²) in [6, 6.07) is 12.8. The molecule has 0 aromatic heterocycles. The fraction of sp³-hybridized carbons (Fsp3) is 0.250. The van der Waals surface area contributed by atoms with Gasteiger partial charge in [-0.1, -0.05) is 12.1 Å². The average Bonchev–Trinajstić information content (AvgIpc) is 2.47. The highest BCUT2D eigenvalue weighted by Crippen LogP contribution is 2.32. The predicted octanol–water partition coefficient (Wildman–Crippen LogP) is 3.58. The average molecular weight is 273 g/mol. The van der Waals surface area contributed by atoms with Gasteiger partial charge in [-0.25, -0.2) is 0 Å². The van der Waals surface area contributed by atoms with Gasteiger partial charge in [-0.2, -0.15) is 0 Å². The van der Waals surface area contributed by atoms with Gasteiger partial charge in [-0.3, -0.25) is 0 Å². The number of rotatable bonds is 5. The van der Waals surface area contributed by atoms with E-state index in [9.17, 15) is 5.11 Å². The zero-order valence-corrected chi connectivity index (χ0v) is 11.9. The van der Waals surface area contributed by atoms with Crippen molar-refractivity contribution in [1.82, 2.24) is 0 Å². The van der Waals surface area contributed by atoms with E-state index >= 15 is 0 Å². The third-order valence-electron chi connectivity index (χ3n) is 3.17. The Morgan fingerprint density at radius 3 is 2.30 bits per heavy atom. The first-order valence-corrected chi connectivity index (χ1v) is 6.41. The van der Waals surface area contributed by atoms with E-state index < -0.39 is 0 Å².